The Hall–Kier alpha value is 0.115. The number of nitrogens with zero attached hydrogens (tertiary/aromatic N) is 1. The largest absolute Gasteiger partial charge is 0.322 e. The minimum atomic E-state index is -0.983. The average molecular weight is 327 g/mol. The third-order valence-corrected chi connectivity index (χ3v) is 6.37. The molecule has 0 fully saturated rings. The summed E-state index contributed by atoms with van der Waals surface area (Å²) in [7, 11) is 1.28. The molecule has 22 heavy (non-hydrogen) atoms. The van der Waals surface area contributed by atoms with Gasteiger partial charge in [0.05, 0.1) is 12.7 Å². The number of allylic oxidation sites excluding steroid dienone is 1. The Morgan fingerprint density at radius 3 is 2.32 bits per heavy atom. The fourth-order valence-electron chi connectivity index (χ4n) is 2.90. The molecular weight excluding hydrogens is 292 g/mol. The number of hydrogen-bond donors (Lipinski definition) is 0. The zero-order valence-corrected chi connectivity index (χ0v) is 16.5. The molecule has 1 rings (SSSR count). The van der Waals surface area contributed by atoms with Gasteiger partial charge in [0.25, 0.3) is 8.53 Å². The molecule has 0 aliphatic heterocycles. The Morgan fingerprint density at radius 1 is 1.18 bits per heavy atom. The lowest BCUT2D eigenvalue weighted by Gasteiger charge is -2.39. The van der Waals surface area contributed by atoms with E-state index in [1.165, 1.54) is 6.42 Å². The molecule has 0 aromatic heterocycles. The third-order valence-electron chi connectivity index (χ3n) is 4.21. The Balaban J connectivity index is 2.81. The quantitative estimate of drug-likeness (QED) is 0.352. The van der Waals surface area contributed by atoms with Gasteiger partial charge in [-0.15, -0.1) is 0 Å². The molecule has 0 heterocycles. The van der Waals surface area contributed by atoms with E-state index in [9.17, 15) is 0 Å². The Bertz CT molecular complexity index is 331. The highest BCUT2D eigenvalue weighted by Crippen LogP contribution is 2.49. The van der Waals surface area contributed by atoms with E-state index in [1.807, 2.05) is 0 Å². The molecule has 3 nitrogen and oxygen atoms in total. The van der Waals surface area contributed by atoms with Crippen molar-refractivity contribution in [1.29, 1.82) is 0 Å². The van der Waals surface area contributed by atoms with Crippen LogP contribution in [0, 0.1) is 5.92 Å². The van der Waals surface area contributed by atoms with Gasteiger partial charge in [0.1, 0.15) is 7.85 Å². The minimum Gasteiger partial charge on any atom is -0.322 e. The second-order valence-electron chi connectivity index (χ2n) is 6.93. The van der Waals surface area contributed by atoms with Crippen LogP contribution in [0.4, 0.5) is 0 Å². The molecule has 0 aromatic carbocycles. The van der Waals surface area contributed by atoms with E-state index in [1.54, 1.807) is 0 Å². The second-order valence-corrected chi connectivity index (χ2v) is 8.34. The summed E-state index contributed by atoms with van der Waals surface area (Å²) in [4.78, 5) is 0. The van der Waals surface area contributed by atoms with E-state index in [-0.39, 0.29) is 6.10 Å². The predicted octanol–water partition coefficient (Wildman–Crippen LogP) is 4.55. The fraction of sp³-hybridized carbons (Fsp3) is 0.882. The maximum Gasteiger partial charge on any atom is 0.259 e. The molecule has 3 unspecified atom stereocenters. The van der Waals surface area contributed by atoms with Crippen molar-refractivity contribution in [2.75, 3.05) is 6.61 Å². The van der Waals surface area contributed by atoms with Crippen molar-refractivity contribution in [3.8, 4) is 0 Å². The van der Waals surface area contributed by atoms with E-state index < -0.39 is 8.53 Å². The summed E-state index contributed by atoms with van der Waals surface area (Å²) in [5.74, 6) is 1.12. The van der Waals surface area contributed by atoms with E-state index in [0.717, 1.165) is 19.4 Å². The molecule has 0 saturated heterocycles. The smallest absolute Gasteiger partial charge is 0.259 e. The predicted molar refractivity (Wildman–Crippen MR) is 100.0 cm³/mol. The van der Waals surface area contributed by atoms with Crippen molar-refractivity contribution in [3.63, 3.8) is 0 Å². The third kappa shape index (κ3) is 5.96. The van der Waals surface area contributed by atoms with Crippen molar-refractivity contribution in [3.05, 3.63) is 12.2 Å². The summed E-state index contributed by atoms with van der Waals surface area (Å²) in [5.41, 5.74) is 0. The van der Waals surface area contributed by atoms with Gasteiger partial charge >= 0.3 is 0 Å². The first-order valence-electron chi connectivity index (χ1n) is 8.96. The van der Waals surface area contributed by atoms with Crippen molar-refractivity contribution >= 4 is 16.4 Å². The summed E-state index contributed by atoms with van der Waals surface area (Å²) in [6, 6.07) is 0.860. The fourth-order valence-corrected chi connectivity index (χ4v) is 4.81. The Kier molecular flexibility index (Phi) is 9.24. The van der Waals surface area contributed by atoms with E-state index in [4.69, 9.17) is 9.05 Å². The van der Waals surface area contributed by atoms with Gasteiger partial charge in [-0.25, -0.2) is 4.67 Å². The van der Waals surface area contributed by atoms with Crippen LogP contribution in [-0.4, -0.2) is 37.3 Å². The summed E-state index contributed by atoms with van der Waals surface area (Å²) in [5, 5.41) is 0. The molecule has 0 aromatic rings. The molecule has 0 saturated carbocycles. The van der Waals surface area contributed by atoms with Gasteiger partial charge < -0.3 is 9.05 Å². The first kappa shape index (κ1) is 20.2. The van der Waals surface area contributed by atoms with Gasteiger partial charge in [-0.1, -0.05) is 26.0 Å². The van der Waals surface area contributed by atoms with Crippen LogP contribution >= 0.6 is 8.53 Å². The van der Waals surface area contributed by atoms with Crippen LogP contribution in [0.3, 0.4) is 0 Å². The highest BCUT2D eigenvalue weighted by molar-refractivity contribution is 7.44. The standard InChI is InChI=1S/C17H35BNO2P/c1-7-11-20-22(19(13(3)4)14(5)6)21-17-12-15(8-2)9-10-16(17)18/h9-10,13-17H,7-8,11-12,18H2,1-6H3/t15?,16?,17-,22?/m1/s1. The van der Waals surface area contributed by atoms with Gasteiger partial charge in [-0.05, 0) is 58.7 Å². The monoisotopic (exact) mass is 327 g/mol. The van der Waals surface area contributed by atoms with Gasteiger partial charge in [0, 0.05) is 12.1 Å². The van der Waals surface area contributed by atoms with Crippen LogP contribution in [0.25, 0.3) is 0 Å². The van der Waals surface area contributed by atoms with Crippen LogP contribution in [0.1, 0.15) is 60.8 Å². The SMILES string of the molecule is BC1C=CC(CC)C[C@H]1OP(OCCC)N(C(C)C)C(C)C. The summed E-state index contributed by atoms with van der Waals surface area (Å²) < 4.78 is 15.1. The van der Waals surface area contributed by atoms with Crippen LogP contribution in [0.2, 0.25) is 5.82 Å². The maximum absolute atomic E-state index is 6.54. The number of rotatable bonds is 9. The second kappa shape index (κ2) is 10.1. The van der Waals surface area contributed by atoms with Crippen molar-refractivity contribution in [2.45, 2.75) is 84.8 Å². The molecular formula is C17H35BNO2P. The zero-order valence-electron chi connectivity index (χ0n) is 15.6. The van der Waals surface area contributed by atoms with Gasteiger partial charge in [0.2, 0.25) is 0 Å². The van der Waals surface area contributed by atoms with E-state index in [2.05, 4.69) is 66.2 Å². The maximum atomic E-state index is 6.54. The molecule has 0 N–H and O–H groups in total. The lowest BCUT2D eigenvalue weighted by atomic mass is 9.74. The average Bonchev–Trinajstić information content (AvgIpc) is 2.46. The van der Waals surface area contributed by atoms with E-state index in [0.29, 0.717) is 23.8 Å². The normalized spacial score (nSPS) is 27.0. The molecule has 4 atom stereocenters. The van der Waals surface area contributed by atoms with Crippen molar-refractivity contribution < 1.29 is 9.05 Å². The molecule has 1 aliphatic rings. The van der Waals surface area contributed by atoms with Crippen molar-refractivity contribution in [1.82, 2.24) is 4.67 Å². The van der Waals surface area contributed by atoms with Gasteiger partial charge in [0.15, 0.2) is 0 Å². The minimum absolute atomic E-state index is 0.276. The Labute approximate surface area is 140 Å². The highest BCUT2D eigenvalue weighted by atomic mass is 31.2. The van der Waals surface area contributed by atoms with Crippen molar-refractivity contribution in [2.24, 2.45) is 5.92 Å². The molecule has 0 radical (unpaired) electrons. The van der Waals surface area contributed by atoms with Crippen LogP contribution in [-0.2, 0) is 9.05 Å². The molecule has 5 heteroatoms. The summed E-state index contributed by atoms with van der Waals surface area (Å²) in [6.45, 7) is 14.1. The van der Waals surface area contributed by atoms with Crippen LogP contribution < -0.4 is 0 Å². The first-order valence-corrected chi connectivity index (χ1v) is 10.1. The van der Waals surface area contributed by atoms with Crippen LogP contribution in [0.5, 0.6) is 0 Å². The lowest BCUT2D eigenvalue weighted by Crippen LogP contribution is -2.35. The molecule has 0 bridgehead atoms. The Morgan fingerprint density at radius 2 is 1.82 bits per heavy atom. The first-order chi connectivity index (χ1) is 10.4. The highest BCUT2D eigenvalue weighted by Gasteiger charge is 2.32. The zero-order chi connectivity index (χ0) is 16.7. The topological polar surface area (TPSA) is 21.7 Å². The summed E-state index contributed by atoms with van der Waals surface area (Å²) >= 11 is 0. The summed E-state index contributed by atoms with van der Waals surface area (Å²) in [6.07, 6.45) is 8.30. The van der Waals surface area contributed by atoms with Gasteiger partial charge in [-0.3, -0.25) is 0 Å². The molecule has 0 spiro atoms. The number of hydrogen-bond acceptors (Lipinski definition) is 3. The molecule has 128 valence electrons. The van der Waals surface area contributed by atoms with Gasteiger partial charge in [-0.2, -0.15) is 0 Å². The van der Waals surface area contributed by atoms with E-state index >= 15 is 0 Å². The molecule has 1 aliphatic carbocycles. The lowest BCUT2D eigenvalue weighted by molar-refractivity contribution is 0.116. The van der Waals surface area contributed by atoms with Crippen LogP contribution in [0.15, 0.2) is 12.2 Å². The molecule has 0 amide bonds.